The second-order valence-corrected chi connectivity index (χ2v) is 6.43. The van der Waals surface area contributed by atoms with E-state index >= 15 is 0 Å². The molecule has 0 aliphatic heterocycles. The molecule has 0 spiro atoms. The molecule has 3 rings (SSSR count). The number of thiazole rings is 1. The van der Waals surface area contributed by atoms with Gasteiger partial charge < -0.3 is 9.84 Å². The van der Waals surface area contributed by atoms with E-state index in [1.807, 2.05) is 37.3 Å². The summed E-state index contributed by atoms with van der Waals surface area (Å²) in [5.41, 5.74) is 0.803. The van der Waals surface area contributed by atoms with Gasteiger partial charge in [0.2, 0.25) is 0 Å². The molecule has 0 unspecified atom stereocenters. The van der Waals surface area contributed by atoms with E-state index in [-0.39, 0.29) is 6.42 Å². The third-order valence-corrected chi connectivity index (χ3v) is 4.79. The quantitative estimate of drug-likeness (QED) is 0.747. The first-order valence-electron chi connectivity index (χ1n) is 7.41. The molecule has 0 radical (unpaired) electrons. The number of aliphatic carboxylic acids is 1. The summed E-state index contributed by atoms with van der Waals surface area (Å²) < 4.78 is 5.90. The fourth-order valence-corrected chi connectivity index (χ4v) is 3.51. The van der Waals surface area contributed by atoms with Gasteiger partial charge in [0.15, 0.2) is 0 Å². The second-order valence-electron chi connectivity index (χ2n) is 5.26. The lowest BCUT2D eigenvalue weighted by molar-refractivity contribution is -0.136. The monoisotopic (exact) mass is 327 g/mol. The number of carboxylic acid groups (broad SMARTS) is 1. The standard InChI is InChI=1S/C18H17NO3S/c1-12-16(11-18(20)21)23-17(19-12)9-10-22-15-8-4-6-13-5-2-3-7-14(13)15/h2-8H,9-11H2,1H3,(H,20,21). The molecule has 0 amide bonds. The molecule has 0 saturated carbocycles. The summed E-state index contributed by atoms with van der Waals surface area (Å²) in [6.45, 7) is 2.37. The minimum atomic E-state index is -0.824. The van der Waals surface area contributed by atoms with Gasteiger partial charge >= 0.3 is 5.97 Å². The normalized spacial score (nSPS) is 10.8. The van der Waals surface area contributed by atoms with Gasteiger partial charge in [-0.2, -0.15) is 0 Å². The summed E-state index contributed by atoms with van der Waals surface area (Å²) in [5, 5.41) is 12.0. The Balaban J connectivity index is 1.66. The molecule has 0 saturated heterocycles. The van der Waals surface area contributed by atoms with Crippen LogP contribution in [0.15, 0.2) is 42.5 Å². The highest BCUT2D eigenvalue weighted by Crippen LogP contribution is 2.25. The van der Waals surface area contributed by atoms with Crippen molar-refractivity contribution in [1.29, 1.82) is 0 Å². The first-order chi connectivity index (χ1) is 11.1. The van der Waals surface area contributed by atoms with Crippen LogP contribution in [0, 0.1) is 6.92 Å². The molecule has 0 atom stereocenters. The van der Waals surface area contributed by atoms with E-state index in [2.05, 4.69) is 17.1 Å². The van der Waals surface area contributed by atoms with Crippen LogP contribution in [0.5, 0.6) is 5.75 Å². The number of aromatic nitrogens is 1. The van der Waals surface area contributed by atoms with Crippen LogP contribution in [-0.4, -0.2) is 22.7 Å². The zero-order valence-corrected chi connectivity index (χ0v) is 13.6. The van der Waals surface area contributed by atoms with Crippen molar-refractivity contribution in [1.82, 2.24) is 4.98 Å². The van der Waals surface area contributed by atoms with E-state index in [1.165, 1.54) is 11.3 Å². The summed E-state index contributed by atoms with van der Waals surface area (Å²) in [4.78, 5) is 16.1. The Hall–Kier alpha value is -2.40. The Bertz CT molecular complexity index is 836. The lowest BCUT2D eigenvalue weighted by Gasteiger charge is -2.08. The smallest absolute Gasteiger partial charge is 0.308 e. The molecule has 1 heterocycles. The summed E-state index contributed by atoms with van der Waals surface area (Å²) >= 11 is 1.45. The predicted octanol–water partition coefficient (Wildman–Crippen LogP) is 3.85. The average molecular weight is 327 g/mol. The van der Waals surface area contributed by atoms with Gasteiger partial charge in [-0.3, -0.25) is 4.79 Å². The topological polar surface area (TPSA) is 59.4 Å². The molecule has 23 heavy (non-hydrogen) atoms. The summed E-state index contributed by atoms with van der Waals surface area (Å²) in [5.74, 6) is 0.0393. The molecular formula is C18H17NO3S. The first kappa shape index (κ1) is 15.5. The Kier molecular flexibility index (Phi) is 4.57. The molecular weight excluding hydrogens is 310 g/mol. The van der Waals surface area contributed by atoms with E-state index in [4.69, 9.17) is 9.84 Å². The highest BCUT2D eigenvalue weighted by atomic mass is 32.1. The van der Waals surface area contributed by atoms with Crippen LogP contribution in [0.2, 0.25) is 0 Å². The van der Waals surface area contributed by atoms with E-state index in [1.54, 1.807) is 0 Å². The highest BCUT2D eigenvalue weighted by molar-refractivity contribution is 7.11. The molecule has 4 nitrogen and oxygen atoms in total. The van der Waals surface area contributed by atoms with E-state index in [0.717, 1.165) is 32.1 Å². The zero-order valence-electron chi connectivity index (χ0n) is 12.8. The molecule has 5 heteroatoms. The van der Waals surface area contributed by atoms with E-state index < -0.39 is 5.97 Å². The number of nitrogens with zero attached hydrogens (tertiary/aromatic N) is 1. The summed E-state index contributed by atoms with van der Waals surface area (Å²) in [6, 6.07) is 14.1. The van der Waals surface area contributed by atoms with Crippen molar-refractivity contribution in [3.63, 3.8) is 0 Å². The SMILES string of the molecule is Cc1nc(CCOc2cccc3ccccc23)sc1CC(=O)O. The molecule has 0 bridgehead atoms. The largest absolute Gasteiger partial charge is 0.493 e. The van der Waals surface area contributed by atoms with Gasteiger partial charge in [0.25, 0.3) is 0 Å². The third-order valence-electron chi connectivity index (χ3n) is 3.57. The fourth-order valence-electron chi connectivity index (χ4n) is 2.47. The lowest BCUT2D eigenvalue weighted by Crippen LogP contribution is -2.01. The molecule has 0 aliphatic rings. The van der Waals surface area contributed by atoms with Crippen molar-refractivity contribution in [2.75, 3.05) is 6.61 Å². The van der Waals surface area contributed by atoms with E-state index in [9.17, 15) is 4.79 Å². The number of hydrogen-bond donors (Lipinski definition) is 1. The number of hydrogen-bond acceptors (Lipinski definition) is 4. The fraction of sp³-hybridized carbons (Fsp3) is 0.222. The number of aryl methyl sites for hydroxylation is 1. The lowest BCUT2D eigenvalue weighted by atomic mass is 10.1. The molecule has 3 aromatic rings. The predicted molar refractivity (Wildman–Crippen MR) is 91.3 cm³/mol. The van der Waals surface area contributed by atoms with Gasteiger partial charge in [0.1, 0.15) is 5.75 Å². The number of carbonyl (C=O) groups is 1. The van der Waals surface area contributed by atoms with E-state index in [0.29, 0.717) is 13.0 Å². The minimum absolute atomic E-state index is 0.0354. The zero-order chi connectivity index (χ0) is 16.2. The van der Waals surface area contributed by atoms with Gasteiger partial charge in [0, 0.05) is 16.7 Å². The number of rotatable bonds is 6. The van der Waals surface area contributed by atoms with Crippen LogP contribution in [0.25, 0.3) is 10.8 Å². The van der Waals surface area contributed by atoms with Crippen molar-refractivity contribution < 1.29 is 14.6 Å². The van der Waals surface area contributed by atoms with Crippen molar-refractivity contribution in [3.8, 4) is 5.75 Å². The van der Waals surface area contributed by atoms with Gasteiger partial charge in [-0.15, -0.1) is 11.3 Å². The van der Waals surface area contributed by atoms with Gasteiger partial charge in [0.05, 0.1) is 23.7 Å². The van der Waals surface area contributed by atoms with Crippen LogP contribution in [0.3, 0.4) is 0 Å². The van der Waals surface area contributed by atoms with Crippen LogP contribution in [0.1, 0.15) is 15.6 Å². The number of carboxylic acids is 1. The molecule has 1 N–H and O–H groups in total. The Morgan fingerprint density at radius 1 is 1.22 bits per heavy atom. The first-order valence-corrected chi connectivity index (χ1v) is 8.22. The van der Waals surface area contributed by atoms with Gasteiger partial charge in [-0.1, -0.05) is 36.4 Å². The second kappa shape index (κ2) is 6.79. The van der Waals surface area contributed by atoms with Crippen LogP contribution < -0.4 is 4.74 Å². The molecule has 1 aromatic heterocycles. The van der Waals surface area contributed by atoms with Crippen LogP contribution >= 0.6 is 11.3 Å². The Labute approximate surface area is 138 Å². The minimum Gasteiger partial charge on any atom is -0.493 e. The third kappa shape index (κ3) is 3.68. The van der Waals surface area contributed by atoms with Crippen molar-refractivity contribution in [3.05, 3.63) is 58.0 Å². The van der Waals surface area contributed by atoms with Gasteiger partial charge in [-0.25, -0.2) is 4.98 Å². The van der Waals surface area contributed by atoms with Crippen molar-refractivity contribution in [2.24, 2.45) is 0 Å². The maximum Gasteiger partial charge on any atom is 0.308 e. The van der Waals surface area contributed by atoms with Crippen LogP contribution in [0.4, 0.5) is 0 Å². The molecule has 0 fully saturated rings. The number of fused-ring (bicyclic) bond motifs is 1. The highest BCUT2D eigenvalue weighted by Gasteiger charge is 2.11. The van der Waals surface area contributed by atoms with Crippen LogP contribution in [-0.2, 0) is 17.6 Å². The molecule has 0 aliphatic carbocycles. The van der Waals surface area contributed by atoms with Crippen molar-refractivity contribution in [2.45, 2.75) is 19.8 Å². The Morgan fingerprint density at radius 2 is 2.00 bits per heavy atom. The summed E-state index contributed by atoms with van der Waals surface area (Å²) in [6.07, 6.45) is 0.710. The van der Waals surface area contributed by atoms with Crippen molar-refractivity contribution >= 4 is 28.1 Å². The number of ether oxygens (including phenoxy) is 1. The molecule has 118 valence electrons. The summed E-state index contributed by atoms with van der Waals surface area (Å²) in [7, 11) is 0. The maximum absolute atomic E-state index is 10.8. The maximum atomic E-state index is 10.8. The number of benzene rings is 2. The average Bonchev–Trinajstić information content (AvgIpc) is 2.87. The molecule has 2 aromatic carbocycles. The Morgan fingerprint density at radius 3 is 2.83 bits per heavy atom. The van der Waals surface area contributed by atoms with Gasteiger partial charge in [-0.05, 0) is 18.4 Å².